The van der Waals surface area contributed by atoms with Crippen molar-refractivity contribution in [3.63, 3.8) is 0 Å². The number of aromatic nitrogens is 2. The summed E-state index contributed by atoms with van der Waals surface area (Å²) in [4.78, 5) is 30.1. The number of thiazole rings is 2. The van der Waals surface area contributed by atoms with Gasteiger partial charge in [0.1, 0.15) is 0 Å². The van der Waals surface area contributed by atoms with Gasteiger partial charge in [-0.3, -0.25) is 18.7 Å². The van der Waals surface area contributed by atoms with Crippen LogP contribution in [0.5, 0.6) is 0 Å². The molecule has 1 aliphatic rings. The molecule has 1 aliphatic heterocycles. The maximum absolute atomic E-state index is 12.3. The molecule has 0 N–H and O–H groups in total. The van der Waals surface area contributed by atoms with Gasteiger partial charge in [0.25, 0.3) is 0 Å². The first-order valence-electron chi connectivity index (χ1n) is 14.3. The predicted molar refractivity (Wildman–Crippen MR) is 162 cm³/mol. The third kappa shape index (κ3) is 7.03. The standard InChI is InChI=1S/C30H40N4O2S2/c35-29-33(25-13-5-7-15-27(25)37-29)19-11-3-1-9-17-31-21-23-32(24-22-31)18-10-2-4-12-20-34-26-14-6-8-16-28(26)38-30(34)36/h5-8,13-16H,1-4,9-12,17-24H2. The molecule has 2 aromatic carbocycles. The second-order valence-corrected chi connectivity index (χ2v) is 12.5. The van der Waals surface area contributed by atoms with E-state index in [1.54, 1.807) is 0 Å². The number of para-hydroxylation sites is 2. The third-order valence-corrected chi connectivity index (χ3v) is 9.74. The largest absolute Gasteiger partial charge is 0.308 e. The van der Waals surface area contributed by atoms with Crippen molar-refractivity contribution < 1.29 is 0 Å². The normalized spacial score (nSPS) is 15.2. The van der Waals surface area contributed by atoms with Crippen molar-refractivity contribution in [2.45, 2.75) is 64.5 Å². The van der Waals surface area contributed by atoms with Gasteiger partial charge in [-0.15, -0.1) is 0 Å². The van der Waals surface area contributed by atoms with E-state index >= 15 is 0 Å². The molecule has 4 aromatic rings. The smallest absolute Gasteiger partial charge is 0.301 e. The second kappa shape index (κ2) is 13.7. The first-order chi connectivity index (χ1) is 18.7. The minimum atomic E-state index is 0.174. The zero-order valence-corrected chi connectivity index (χ0v) is 24.0. The maximum atomic E-state index is 12.3. The molecule has 5 rings (SSSR count). The SMILES string of the molecule is O=c1sc2ccccc2n1CCCCCCN1CCN(CCCCCCn2c(=O)sc3ccccc32)CC1. The number of hydrogen-bond acceptors (Lipinski definition) is 6. The minimum absolute atomic E-state index is 0.174. The molecule has 6 nitrogen and oxygen atoms in total. The van der Waals surface area contributed by atoms with E-state index in [1.165, 1.54) is 100 Å². The van der Waals surface area contributed by atoms with Crippen LogP contribution < -0.4 is 9.75 Å². The van der Waals surface area contributed by atoms with Gasteiger partial charge < -0.3 is 9.80 Å². The van der Waals surface area contributed by atoms with Crippen LogP contribution in [0, 0.1) is 0 Å². The first kappa shape index (κ1) is 27.3. The highest BCUT2D eigenvalue weighted by Crippen LogP contribution is 2.18. The average Bonchev–Trinajstić information content (AvgIpc) is 3.43. The summed E-state index contributed by atoms with van der Waals surface area (Å²) in [6.45, 7) is 8.82. The van der Waals surface area contributed by atoms with Gasteiger partial charge in [0.15, 0.2) is 0 Å². The van der Waals surface area contributed by atoms with E-state index in [1.807, 2.05) is 45.5 Å². The fourth-order valence-electron chi connectivity index (χ4n) is 5.61. The van der Waals surface area contributed by atoms with E-state index in [4.69, 9.17) is 0 Å². The molecule has 0 bridgehead atoms. The average molecular weight is 553 g/mol. The van der Waals surface area contributed by atoms with Crippen molar-refractivity contribution in [2.75, 3.05) is 39.3 Å². The quantitative estimate of drug-likeness (QED) is 0.183. The van der Waals surface area contributed by atoms with E-state index in [2.05, 4.69) is 21.9 Å². The summed E-state index contributed by atoms with van der Waals surface area (Å²) in [6, 6.07) is 16.2. The molecule has 0 aliphatic carbocycles. The lowest BCUT2D eigenvalue weighted by atomic mass is 10.1. The zero-order valence-electron chi connectivity index (χ0n) is 22.4. The lowest BCUT2D eigenvalue weighted by molar-refractivity contribution is 0.129. The van der Waals surface area contributed by atoms with Gasteiger partial charge in [-0.25, -0.2) is 0 Å². The van der Waals surface area contributed by atoms with E-state index in [0.717, 1.165) is 46.4 Å². The van der Waals surface area contributed by atoms with Gasteiger partial charge in [-0.05, 0) is 63.0 Å². The van der Waals surface area contributed by atoms with Gasteiger partial charge in [-0.2, -0.15) is 0 Å². The molecule has 1 saturated heterocycles. The fraction of sp³-hybridized carbons (Fsp3) is 0.533. The predicted octanol–water partition coefficient (Wildman–Crippen LogP) is 5.88. The molecular formula is C30H40N4O2S2. The Bertz CT molecular complexity index is 1300. The van der Waals surface area contributed by atoms with Crippen molar-refractivity contribution in [2.24, 2.45) is 0 Å². The molecule has 0 saturated carbocycles. The third-order valence-electron chi connectivity index (χ3n) is 7.82. The van der Waals surface area contributed by atoms with E-state index < -0.39 is 0 Å². The van der Waals surface area contributed by atoms with Crippen molar-refractivity contribution in [3.8, 4) is 0 Å². The molecular weight excluding hydrogens is 512 g/mol. The van der Waals surface area contributed by atoms with Crippen LogP contribution in [-0.4, -0.2) is 58.2 Å². The lowest BCUT2D eigenvalue weighted by Crippen LogP contribution is -2.46. The van der Waals surface area contributed by atoms with Crippen LogP contribution in [0.3, 0.4) is 0 Å². The Morgan fingerprint density at radius 3 is 1.29 bits per heavy atom. The highest BCUT2D eigenvalue weighted by molar-refractivity contribution is 7.16. The number of aryl methyl sites for hydroxylation is 2. The molecule has 0 atom stereocenters. The molecule has 0 spiro atoms. The van der Waals surface area contributed by atoms with E-state index in [-0.39, 0.29) is 9.75 Å². The van der Waals surface area contributed by atoms with Gasteiger partial charge in [-0.1, -0.05) is 72.6 Å². The Balaban J connectivity index is 0.889. The Kier molecular flexibility index (Phi) is 9.84. The molecule has 204 valence electrons. The number of benzene rings is 2. The van der Waals surface area contributed by atoms with Crippen LogP contribution in [0.15, 0.2) is 58.1 Å². The van der Waals surface area contributed by atoms with Crippen molar-refractivity contribution in [3.05, 3.63) is 67.9 Å². The van der Waals surface area contributed by atoms with Crippen LogP contribution in [0.2, 0.25) is 0 Å². The molecule has 3 heterocycles. The number of fused-ring (bicyclic) bond motifs is 2. The summed E-state index contributed by atoms with van der Waals surface area (Å²) in [5.41, 5.74) is 2.17. The summed E-state index contributed by atoms with van der Waals surface area (Å²) in [7, 11) is 0. The summed E-state index contributed by atoms with van der Waals surface area (Å²) in [5, 5.41) is 0. The van der Waals surface area contributed by atoms with Gasteiger partial charge in [0.2, 0.25) is 0 Å². The van der Waals surface area contributed by atoms with Gasteiger partial charge in [0.05, 0.1) is 20.4 Å². The van der Waals surface area contributed by atoms with Crippen molar-refractivity contribution >= 4 is 43.1 Å². The Hall–Kier alpha value is -2.26. The lowest BCUT2D eigenvalue weighted by Gasteiger charge is -2.34. The number of piperazine rings is 1. The highest BCUT2D eigenvalue weighted by atomic mass is 32.1. The number of rotatable bonds is 14. The second-order valence-electron chi connectivity index (χ2n) is 10.5. The number of nitrogens with zero attached hydrogens (tertiary/aromatic N) is 4. The molecule has 0 amide bonds. The molecule has 0 radical (unpaired) electrons. The van der Waals surface area contributed by atoms with E-state index in [9.17, 15) is 9.59 Å². The maximum Gasteiger partial charge on any atom is 0.308 e. The van der Waals surface area contributed by atoms with Crippen LogP contribution in [0.1, 0.15) is 51.4 Å². The van der Waals surface area contributed by atoms with Crippen molar-refractivity contribution in [1.29, 1.82) is 0 Å². The number of hydrogen-bond donors (Lipinski definition) is 0. The number of unbranched alkanes of at least 4 members (excludes halogenated alkanes) is 6. The van der Waals surface area contributed by atoms with Crippen molar-refractivity contribution in [1.82, 2.24) is 18.9 Å². The Morgan fingerprint density at radius 2 is 0.868 bits per heavy atom. The van der Waals surface area contributed by atoms with Crippen LogP contribution >= 0.6 is 22.7 Å². The van der Waals surface area contributed by atoms with Crippen LogP contribution in [0.4, 0.5) is 0 Å². The summed E-state index contributed by atoms with van der Waals surface area (Å²) >= 11 is 2.72. The van der Waals surface area contributed by atoms with Crippen LogP contribution in [0.25, 0.3) is 20.4 Å². The summed E-state index contributed by atoms with van der Waals surface area (Å²) in [6.07, 6.45) is 9.52. The monoisotopic (exact) mass is 552 g/mol. The summed E-state index contributed by atoms with van der Waals surface area (Å²) in [5.74, 6) is 0. The molecule has 0 unspecified atom stereocenters. The van der Waals surface area contributed by atoms with E-state index in [0.29, 0.717) is 0 Å². The fourth-order valence-corrected chi connectivity index (χ4v) is 7.44. The highest BCUT2D eigenvalue weighted by Gasteiger charge is 2.16. The van der Waals surface area contributed by atoms with Gasteiger partial charge in [0, 0.05) is 39.3 Å². The Morgan fingerprint density at radius 1 is 0.500 bits per heavy atom. The van der Waals surface area contributed by atoms with Gasteiger partial charge >= 0.3 is 9.75 Å². The zero-order chi connectivity index (χ0) is 26.2. The molecule has 1 fully saturated rings. The minimum Gasteiger partial charge on any atom is -0.301 e. The molecule has 8 heteroatoms. The molecule has 2 aromatic heterocycles. The summed E-state index contributed by atoms with van der Waals surface area (Å²) < 4.78 is 6.09. The Labute approximate surface area is 233 Å². The topological polar surface area (TPSA) is 50.5 Å². The molecule has 38 heavy (non-hydrogen) atoms. The van der Waals surface area contributed by atoms with Crippen LogP contribution in [-0.2, 0) is 13.1 Å². The first-order valence-corrected chi connectivity index (χ1v) is 15.9.